The van der Waals surface area contributed by atoms with E-state index in [0.29, 0.717) is 45.3 Å². The first-order valence-corrected chi connectivity index (χ1v) is 26.3. The summed E-state index contributed by atoms with van der Waals surface area (Å²) < 4.78 is 143. The summed E-state index contributed by atoms with van der Waals surface area (Å²) in [6, 6.07) is 34.9. The number of aromatic hydroxyl groups is 1. The molecule has 9 aromatic rings. The maximum Gasteiger partial charge on any atom is 0.296 e. The van der Waals surface area contributed by atoms with Crippen LogP contribution in [-0.2, 0) is 40.5 Å². The average molecular weight is 1050 g/mol. The van der Waals surface area contributed by atoms with Crippen LogP contribution in [0.25, 0.3) is 43.1 Å². The van der Waals surface area contributed by atoms with Gasteiger partial charge in [0.2, 0.25) is 0 Å². The first kappa shape index (κ1) is 48.9. The molecule has 0 amide bonds. The van der Waals surface area contributed by atoms with Gasteiger partial charge in [-0.3, -0.25) is 18.2 Å². The molecule has 0 radical (unpaired) electrons. The lowest BCUT2D eigenvalue weighted by molar-refractivity contribution is 0.415. The minimum Gasteiger partial charge on any atom is -0.505 e. The lowest BCUT2D eigenvalue weighted by atomic mass is 10.1. The molecule has 0 heterocycles. The van der Waals surface area contributed by atoms with Crippen LogP contribution in [0.4, 0.5) is 45.5 Å². The highest BCUT2D eigenvalue weighted by molar-refractivity contribution is 7.87. The van der Waals surface area contributed by atoms with Crippen molar-refractivity contribution in [2.45, 2.75) is 19.6 Å². The Morgan fingerprint density at radius 1 is 0.417 bits per heavy atom. The number of phenols is 1. The van der Waals surface area contributed by atoms with Crippen LogP contribution in [0.5, 0.6) is 11.5 Å². The van der Waals surface area contributed by atoms with Crippen LogP contribution in [0.15, 0.2) is 196 Å². The van der Waals surface area contributed by atoms with Crippen LogP contribution < -0.4 is 10.1 Å². The third-order valence-electron chi connectivity index (χ3n) is 11.1. The fourth-order valence-corrected chi connectivity index (χ4v) is 10.2. The smallest absolute Gasteiger partial charge is 0.296 e. The third-order valence-corrected chi connectivity index (χ3v) is 14.5. The van der Waals surface area contributed by atoms with E-state index in [1.165, 1.54) is 49.6 Å². The van der Waals surface area contributed by atoms with Crippen molar-refractivity contribution < 1.29 is 61.7 Å². The normalized spacial score (nSPS) is 12.8. The van der Waals surface area contributed by atoms with Crippen LogP contribution in [0.2, 0.25) is 0 Å². The Bertz CT molecular complexity index is 4310. The summed E-state index contributed by atoms with van der Waals surface area (Å²) in [5, 5.41) is 42.0. The molecule has 0 saturated carbocycles. The molecule has 0 atom stereocenters. The van der Waals surface area contributed by atoms with Crippen molar-refractivity contribution in [1.29, 1.82) is 0 Å². The fraction of sp³-hybridized carbons (Fsp3) is 0.0213. The summed E-state index contributed by atoms with van der Waals surface area (Å²) in [5.74, 6) is -0.0117. The summed E-state index contributed by atoms with van der Waals surface area (Å²) in [6.07, 6.45) is 0. The van der Waals surface area contributed by atoms with Crippen molar-refractivity contribution in [3.63, 3.8) is 0 Å². The van der Waals surface area contributed by atoms with E-state index in [0.717, 1.165) is 24.3 Å². The Morgan fingerprint density at radius 2 is 0.958 bits per heavy atom. The van der Waals surface area contributed by atoms with Gasteiger partial charge in [-0.05, 0) is 120 Å². The van der Waals surface area contributed by atoms with E-state index in [1.54, 1.807) is 72.8 Å². The van der Waals surface area contributed by atoms with Gasteiger partial charge >= 0.3 is 0 Å². The first-order valence-electron chi connectivity index (χ1n) is 20.6. The van der Waals surface area contributed by atoms with E-state index in [2.05, 4.69) is 36.0 Å². The van der Waals surface area contributed by atoms with Gasteiger partial charge in [0, 0.05) is 43.7 Å². The average Bonchev–Trinajstić information content (AvgIpc) is 3.33. The lowest BCUT2D eigenvalue weighted by Gasteiger charge is -2.12. The van der Waals surface area contributed by atoms with E-state index in [-0.39, 0.29) is 49.4 Å². The van der Waals surface area contributed by atoms with E-state index < -0.39 is 71.5 Å². The molecule has 0 aliphatic heterocycles. The largest absolute Gasteiger partial charge is 0.505 e. The number of ether oxygens (including phenoxy) is 1. The molecule has 9 rings (SSSR count). The van der Waals surface area contributed by atoms with Gasteiger partial charge < -0.3 is 15.2 Å². The molecule has 0 spiro atoms. The van der Waals surface area contributed by atoms with Crippen LogP contribution in [-0.4, -0.2) is 64.1 Å². The predicted molar refractivity (Wildman–Crippen MR) is 266 cm³/mol. The molecule has 0 aliphatic rings. The van der Waals surface area contributed by atoms with Crippen molar-refractivity contribution in [3.05, 3.63) is 146 Å². The number of hydrogen-bond donors (Lipinski definition) is 6. The number of azo groups is 3. The second-order valence-corrected chi connectivity index (χ2v) is 21.3. The van der Waals surface area contributed by atoms with Gasteiger partial charge in [0.1, 0.15) is 21.2 Å². The zero-order chi connectivity index (χ0) is 51.3. The van der Waals surface area contributed by atoms with Crippen molar-refractivity contribution >= 4 is 129 Å². The predicted octanol–water partition coefficient (Wildman–Crippen LogP) is 12.0. The van der Waals surface area contributed by atoms with Crippen LogP contribution in [0, 0.1) is 0 Å². The molecular weight excluding hydrogens is 1010 g/mol. The fourth-order valence-electron chi connectivity index (χ4n) is 7.67. The molecule has 0 saturated heterocycles. The maximum atomic E-state index is 12.7. The Kier molecular flexibility index (Phi) is 12.6. The molecular formula is C47H33N7O14S4. The summed E-state index contributed by atoms with van der Waals surface area (Å²) in [7, 11) is -18.1. The lowest BCUT2D eigenvalue weighted by Crippen LogP contribution is -2.04. The Morgan fingerprint density at radius 3 is 1.54 bits per heavy atom. The van der Waals surface area contributed by atoms with Crippen LogP contribution in [0.1, 0.15) is 0 Å². The number of nitrogens with one attached hydrogen (secondary N) is 1. The van der Waals surface area contributed by atoms with Crippen molar-refractivity contribution in [3.8, 4) is 11.5 Å². The van der Waals surface area contributed by atoms with Gasteiger partial charge in [0.05, 0.1) is 45.3 Å². The monoisotopic (exact) mass is 1050 g/mol. The molecule has 9 aromatic carbocycles. The van der Waals surface area contributed by atoms with E-state index in [4.69, 9.17) is 4.74 Å². The van der Waals surface area contributed by atoms with Gasteiger partial charge in [0.15, 0.2) is 5.75 Å². The zero-order valence-electron chi connectivity index (χ0n) is 36.6. The standard InChI is InChI=1S/C47H33N7O14S4/c1-68-31-11-8-28(9-12-31)48-29-10-14-34-27(20-29)22-45(72(65,66)67)46(47(34)55)54-53-43-19-18-42(37-15-13-32(24-39(37)43)69(56,57)58)52-51-41-17-16-40(35-4-2-3-5-36(35)41)50-49-30-7-6-26-21-33(70(59,60)61)25-44(38(26)23-30)71(62,63)64/h2-25,48,55H,1H3,(H,56,57,58)(H,59,60,61)(H,62,63,64)(H,65,66,67). The highest BCUT2D eigenvalue weighted by Gasteiger charge is 2.24. The van der Waals surface area contributed by atoms with Gasteiger partial charge in [-0.15, -0.1) is 25.6 Å². The van der Waals surface area contributed by atoms with Crippen molar-refractivity contribution in [2.24, 2.45) is 30.7 Å². The Labute approximate surface area is 408 Å². The third kappa shape index (κ3) is 10.1. The number of benzene rings is 9. The number of fused-ring (bicyclic) bond motifs is 4. The summed E-state index contributed by atoms with van der Waals surface area (Å²) in [4.78, 5) is -2.84. The molecule has 0 bridgehead atoms. The topological polar surface area (TPSA) is 333 Å². The van der Waals surface area contributed by atoms with Crippen molar-refractivity contribution in [1.82, 2.24) is 0 Å². The maximum absolute atomic E-state index is 12.7. The van der Waals surface area contributed by atoms with Crippen molar-refractivity contribution in [2.75, 3.05) is 12.4 Å². The van der Waals surface area contributed by atoms with E-state index in [1.807, 2.05) is 0 Å². The second kappa shape index (κ2) is 18.6. The molecule has 0 unspecified atom stereocenters. The molecule has 72 heavy (non-hydrogen) atoms. The zero-order valence-corrected chi connectivity index (χ0v) is 39.8. The summed E-state index contributed by atoms with van der Waals surface area (Å²) in [5.41, 5.74) is 1.46. The minimum atomic E-state index is -5.04. The number of hydrogen-bond acceptors (Lipinski definition) is 17. The number of nitrogens with zero attached hydrogens (tertiary/aromatic N) is 6. The Hall–Kier alpha value is -8.14. The van der Waals surface area contributed by atoms with Crippen LogP contribution in [0.3, 0.4) is 0 Å². The molecule has 25 heteroatoms. The number of phenolic OH excluding ortho intramolecular Hbond substituents is 1. The van der Waals surface area contributed by atoms with E-state index >= 15 is 0 Å². The van der Waals surface area contributed by atoms with Gasteiger partial charge in [-0.2, -0.15) is 38.8 Å². The first-order chi connectivity index (χ1) is 34.0. The van der Waals surface area contributed by atoms with E-state index in [9.17, 15) is 57.0 Å². The highest BCUT2D eigenvalue weighted by atomic mass is 32.2. The van der Waals surface area contributed by atoms with Gasteiger partial charge in [0.25, 0.3) is 40.5 Å². The highest BCUT2D eigenvalue weighted by Crippen LogP contribution is 2.44. The van der Waals surface area contributed by atoms with Crippen LogP contribution >= 0.6 is 0 Å². The quantitative estimate of drug-likeness (QED) is 0.0462. The summed E-state index contributed by atoms with van der Waals surface area (Å²) >= 11 is 0. The van der Waals surface area contributed by atoms with Gasteiger partial charge in [-0.25, -0.2) is 0 Å². The molecule has 364 valence electrons. The summed E-state index contributed by atoms with van der Waals surface area (Å²) in [6.45, 7) is 0. The SMILES string of the molecule is COc1ccc(Nc2ccc3c(O)c(N=Nc4ccc(N=Nc5ccc(N=Nc6ccc7cc(S(=O)(=O)O)cc(S(=O)(=O)O)c7c6)c6ccccc56)c5ccc(S(=O)(=O)O)cc45)c(S(=O)(=O)O)cc3c2)cc1. The molecule has 0 aromatic heterocycles. The second-order valence-electron chi connectivity index (χ2n) is 15.6. The molecule has 21 nitrogen and oxygen atoms in total. The number of anilines is 2. The molecule has 0 aliphatic carbocycles. The minimum absolute atomic E-state index is 0.0464. The number of rotatable bonds is 13. The number of methoxy groups -OCH3 is 1. The molecule has 6 N–H and O–H groups in total. The Balaban J connectivity index is 1.06. The molecule has 0 fully saturated rings. The van der Waals surface area contributed by atoms with Gasteiger partial charge in [-0.1, -0.05) is 36.4 Å².